The van der Waals surface area contributed by atoms with E-state index in [1.54, 1.807) is 13.2 Å². The molecule has 0 fully saturated rings. The molecule has 2 rings (SSSR count). The van der Waals surface area contributed by atoms with E-state index in [4.69, 9.17) is 4.74 Å². The van der Waals surface area contributed by atoms with Crippen LogP contribution < -0.4 is 10.1 Å². The van der Waals surface area contributed by atoms with Gasteiger partial charge in [-0.25, -0.2) is 13.4 Å². The summed E-state index contributed by atoms with van der Waals surface area (Å²) in [5.74, 6) is 0.813. The van der Waals surface area contributed by atoms with Crippen molar-refractivity contribution in [1.82, 2.24) is 4.98 Å². The highest BCUT2D eigenvalue weighted by atomic mass is 32.2. The second-order valence-electron chi connectivity index (χ2n) is 4.36. The second-order valence-corrected chi connectivity index (χ2v) is 6.32. The zero-order chi connectivity index (χ0) is 14.6. The van der Waals surface area contributed by atoms with Gasteiger partial charge in [0.05, 0.1) is 19.0 Å². The van der Waals surface area contributed by atoms with E-state index in [0.717, 1.165) is 23.3 Å². The van der Waals surface area contributed by atoms with Crippen molar-refractivity contribution in [2.45, 2.75) is 11.6 Å². The van der Waals surface area contributed by atoms with Gasteiger partial charge in [-0.05, 0) is 29.8 Å². The lowest BCUT2D eigenvalue weighted by Crippen LogP contribution is -2.03. The Morgan fingerprint density at radius 1 is 1.15 bits per heavy atom. The van der Waals surface area contributed by atoms with E-state index in [2.05, 4.69) is 10.3 Å². The molecule has 0 radical (unpaired) electrons. The number of rotatable bonds is 5. The molecule has 0 spiro atoms. The predicted octanol–water partition coefficient (Wildman–Crippen LogP) is 2.11. The van der Waals surface area contributed by atoms with Gasteiger partial charge in [0, 0.05) is 12.8 Å². The van der Waals surface area contributed by atoms with E-state index < -0.39 is 9.84 Å². The van der Waals surface area contributed by atoms with Crippen LogP contribution in [0.15, 0.2) is 47.6 Å². The first kappa shape index (κ1) is 14.3. The lowest BCUT2D eigenvalue weighted by atomic mass is 10.2. The van der Waals surface area contributed by atoms with E-state index in [0.29, 0.717) is 6.54 Å². The van der Waals surface area contributed by atoms with Crippen LogP contribution in [0.25, 0.3) is 0 Å². The highest BCUT2D eigenvalue weighted by Crippen LogP contribution is 2.14. The van der Waals surface area contributed by atoms with Crippen LogP contribution in [0.2, 0.25) is 0 Å². The molecule has 6 heteroatoms. The van der Waals surface area contributed by atoms with Crippen molar-refractivity contribution in [2.24, 2.45) is 0 Å². The van der Waals surface area contributed by atoms with Gasteiger partial charge in [0.15, 0.2) is 14.9 Å². The Kier molecular flexibility index (Phi) is 4.24. The number of anilines is 1. The Hall–Kier alpha value is -2.08. The second kappa shape index (κ2) is 5.92. The largest absolute Gasteiger partial charge is 0.497 e. The van der Waals surface area contributed by atoms with Gasteiger partial charge in [-0.2, -0.15) is 0 Å². The Morgan fingerprint density at radius 3 is 2.35 bits per heavy atom. The zero-order valence-electron chi connectivity index (χ0n) is 11.3. The van der Waals surface area contributed by atoms with E-state index >= 15 is 0 Å². The first-order chi connectivity index (χ1) is 9.49. The quantitative estimate of drug-likeness (QED) is 0.914. The summed E-state index contributed by atoms with van der Waals surface area (Å²) in [6.07, 6.45) is 2.65. The van der Waals surface area contributed by atoms with E-state index in [9.17, 15) is 8.42 Å². The Bertz CT molecular complexity index is 665. The maximum atomic E-state index is 11.3. The van der Waals surface area contributed by atoms with Gasteiger partial charge in [-0.1, -0.05) is 12.1 Å². The molecule has 1 aromatic carbocycles. The van der Waals surface area contributed by atoms with Gasteiger partial charge < -0.3 is 10.1 Å². The number of sulfone groups is 1. The third kappa shape index (κ3) is 3.71. The van der Waals surface area contributed by atoms with Crippen LogP contribution >= 0.6 is 0 Å². The summed E-state index contributed by atoms with van der Waals surface area (Å²) in [5.41, 5.74) is 1.87. The number of hydrogen-bond acceptors (Lipinski definition) is 5. The van der Waals surface area contributed by atoms with Crippen LogP contribution in [-0.2, 0) is 16.4 Å². The summed E-state index contributed by atoms with van der Waals surface area (Å²) >= 11 is 0. The molecule has 5 nitrogen and oxygen atoms in total. The summed E-state index contributed by atoms with van der Waals surface area (Å²) in [5, 5.41) is 3.26. The highest BCUT2D eigenvalue weighted by molar-refractivity contribution is 7.90. The molecule has 0 bridgehead atoms. The van der Waals surface area contributed by atoms with Crippen molar-refractivity contribution >= 4 is 15.5 Å². The van der Waals surface area contributed by atoms with Gasteiger partial charge >= 0.3 is 0 Å². The average Bonchev–Trinajstić information content (AvgIpc) is 2.45. The number of benzene rings is 1. The molecule has 1 N–H and O–H groups in total. The van der Waals surface area contributed by atoms with Gasteiger partial charge in [-0.3, -0.25) is 0 Å². The van der Waals surface area contributed by atoms with Crippen molar-refractivity contribution in [3.8, 4) is 5.75 Å². The number of ether oxygens (including phenoxy) is 1. The fourth-order valence-corrected chi connectivity index (χ4v) is 2.21. The molecule has 20 heavy (non-hydrogen) atoms. The molecule has 106 valence electrons. The lowest BCUT2D eigenvalue weighted by Gasteiger charge is -2.07. The maximum absolute atomic E-state index is 11.3. The van der Waals surface area contributed by atoms with E-state index in [-0.39, 0.29) is 5.03 Å². The van der Waals surface area contributed by atoms with Crippen molar-refractivity contribution in [3.63, 3.8) is 0 Å². The molecule has 1 heterocycles. The molecular weight excluding hydrogens is 276 g/mol. The van der Waals surface area contributed by atoms with Crippen LogP contribution in [-0.4, -0.2) is 26.8 Å². The van der Waals surface area contributed by atoms with Crippen LogP contribution in [0.5, 0.6) is 5.75 Å². The summed E-state index contributed by atoms with van der Waals surface area (Å²) in [6, 6.07) is 10.9. The van der Waals surface area contributed by atoms with Gasteiger partial charge in [0.1, 0.15) is 5.75 Å². The molecule has 2 aromatic rings. The Morgan fingerprint density at radius 2 is 1.85 bits per heavy atom. The smallest absolute Gasteiger partial charge is 0.192 e. The molecule has 0 amide bonds. The Balaban J connectivity index is 2.00. The van der Waals surface area contributed by atoms with Gasteiger partial charge in [-0.15, -0.1) is 0 Å². The standard InChI is InChI=1S/C14H16N2O3S/c1-19-13-6-3-11(4-7-13)9-15-12-5-8-14(16-10-12)20(2,17)18/h3-8,10,15H,9H2,1-2H3. The van der Waals surface area contributed by atoms with Crippen molar-refractivity contribution in [2.75, 3.05) is 18.7 Å². The summed E-state index contributed by atoms with van der Waals surface area (Å²) < 4.78 is 27.7. The molecule has 0 saturated heterocycles. The Labute approximate surface area is 118 Å². The van der Waals surface area contributed by atoms with Crippen molar-refractivity contribution in [3.05, 3.63) is 48.2 Å². The topological polar surface area (TPSA) is 68.3 Å². The minimum Gasteiger partial charge on any atom is -0.497 e. The molecule has 1 aromatic heterocycles. The van der Waals surface area contributed by atoms with Crippen molar-refractivity contribution < 1.29 is 13.2 Å². The van der Waals surface area contributed by atoms with Crippen LogP contribution in [0, 0.1) is 0 Å². The minimum atomic E-state index is -3.25. The molecule has 0 atom stereocenters. The van der Waals surface area contributed by atoms with Gasteiger partial charge in [0.25, 0.3) is 0 Å². The first-order valence-corrected chi connectivity index (χ1v) is 7.91. The van der Waals surface area contributed by atoms with Crippen LogP contribution in [0.1, 0.15) is 5.56 Å². The van der Waals surface area contributed by atoms with Crippen molar-refractivity contribution in [1.29, 1.82) is 0 Å². The first-order valence-electron chi connectivity index (χ1n) is 6.02. The maximum Gasteiger partial charge on any atom is 0.192 e. The number of methoxy groups -OCH3 is 1. The summed E-state index contributed by atoms with van der Waals surface area (Å²) in [4.78, 5) is 3.92. The highest BCUT2D eigenvalue weighted by Gasteiger charge is 2.07. The number of nitrogens with one attached hydrogen (secondary N) is 1. The monoisotopic (exact) mass is 292 g/mol. The number of aromatic nitrogens is 1. The van der Waals surface area contributed by atoms with Crippen LogP contribution in [0.3, 0.4) is 0 Å². The molecular formula is C14H16N2O3S. The third-order valence-electron chi connectivity index (χ3n) is 2.77. The predicted molar refractivity (Wildman–Crippen MR) is 77.7 cm³/mol. The molecule has 0 aliphatic heterocycles. The third-order valence-corrected chi connectivity index (χ3v) is 3.77. The number of pyridine rings is 1. The number of hydrogen-bond donors (Lipinski definition) is 1. The summed E-state index contributed by atoms with van der Waals surface area (Å²) in [7, 11) is -1.62. The molecule has 0 aliphatic rings. The molecule has 0 unspecified atom stereocenters. The SMILES string of the molecule is COc1ccc(CNc2ccc(S(C)(=O)=O)nc2)cc1. The van der Waals surface area contributed by atoms with E-state index in [1.165, 1.54) is 12.3 Å². The molecule has 0 saturated carbocycles. The zero-order valence-corrected chi connectivity index (χ0v) is 12.1. The fourth-order valence-electron chi connectivity index (χ4n) is 1.65. The van der Waals surface area contributed by atoms with Gasteiger partial charge in [0.2, 0.25) is 0 Å². The lowest BCUT2D eigenvalue weighted by molar-refractivity contribution is 0.414. The average molecular weight is 292 g/mol. The van der Waals surface area contributed by atoms with E-state index in [1.807, 2.05) is 24.3 Å². The minimum absolute atomic E-state index is 0.0764. The molecule has 0 aliphatic carbocycles. The summed E-state index contributed by atoms with van der Waals surface area (Å²) in [6.45, 7) is 0.629. The fraction of sp³-hybridized carbons (Fsp3) is 0.214. The normalized spacial score (nSPS) is 11.1. The van der Waals surface area contributed by atoms with Crippen LogP contribution in [0.4, 0.5) is 5.69 Å². The number of nitrogens with zero attached hydrogens (tertiary/aromatic N) is 1.